The summed E-state index contributed by atoms with van der Waals surface area (Å²) < 4.78 is 78.2. The molecule has 0 fully saturated rings. The van der Waals surface area contributed by atoms with Crippen LogP contribution in [0.15, 0.2) is 52.4 Å². The molecule has 154 valence electrons. The molecule has 0 aromatic heterocycles. The van der Waals surface area contributed by atoms with Crippen molar-refractivity contribution in [3.05, 3.63) is 65.0 Å². The molecule has 0 radical (unpaired) electrons. The Bertz CT molecular complexity index is 1080. The Morgan fingerprint density at radius 2 is 1.86 bits per heavy atom. The molecule has 0 aliphatic carbocycles. The van der Waals surface area contributed by atoms with Gasteiger partial charge in [0.25, 0.3) is 10.0 Å². The Morgan fingerprint density at radius 1 is 1.14 bits per heavy atom. The maximum atomic E-state index is 13.1. The Labute approximate surface area is 163 Å². The third kappa shape index (κ3) is 4.73. The number of benzene rings is 2. The molecule has 2 aromatic carbocycles. The van der Waals surface area contributed by atoms with Crippen LogP contribution in [0.1, 0.15) is 23.1 Å². The van der Waals surface area contributed by atoms with Crippen LogP contribution in [0.5, 0.6) is 0 Å². The van der Waals surface area contributed by atoms with E-state index in [4.69, 9.17) is 0 Å². The van der Waals surface area contributed by atoms with E-state index in [1.165, 1.54) is 6.07 Å². The minimum Gasteiger partial charge on any atom is -0.352 e. The maximum Gasteiger partial charge on any atom is 0.416 e. The van der Waals surface area contributed by atoms with Gasteiger partial charge < -0.3 is 5.32 Å². The predicted molar refractivity (Wildman–Crippen MR) is 96.0 cm³/mol. The summed E-state index contributed by atoms with van der Waals surface area (Å²) in [5.41, 5.74) is -1.04. The predicted octanol–water partition coefficient (Wildman–Crippen LogP) is 2.59. The van der Waals surface area contributed by atoms with Crippen LogP contribution in [0.3, 0.4) is 0 Å². The molecular formula is C18H15F4N3O3S. The first-order valence-corrected chi connectivity index (χ1v) is 9.85. The van der Waals surface area contributed by atoms with E-state index in [9.17, 15) is 30.8 Å². The molecule has 1 aliphatic rings. The van der Waals surface area contributed by atoms with E-state index in [0.29, 0.717) is 11.6 Å². The summed E-state index contributed by atoms with van der Waals surface area (Å²) >= 11 is 0. The highest BCUT2D eigenvalue weighted by Gasteiger charge is 2.34. The Balaban J connectivity index is 1.61. The third-order valence-electron chi connectivity index (χ3n) is 4.12. The van der Waals surface area contributed by atoms with Crippen LogP contribution in [0.4, 0.5) is 17.6 Å². The van der Waals surface area contributed by atoms with Crippen LogP contribution >= 0.6 is 0 Å². The van der Waals surface area contributed by atoms with Gasteiger partial charge in [-0.25, -0.2) is 12.8 Å². The first-order valence-electron chi connectivity index (χ1n) is 8.37. The van der Waals surface area contributed by atoms with Gasteiger partial charge in [0.2, 0.25) is 5.91 Å². The highest BCUT2D eigenvalue weighted by atomic mass is 32.2. The summed E-state index contributed by atoms with van der Waals surface area (Å²) in [5.74, 6) is -1.50. The van der Waals surface area contributed by atoms with E-state index in [1.807, 2.05) is 0 Å². The van der Waals surface area contributed by atoms with Gasteiger partial charge in [-0.05, 0) is 29.8 Å². The number of nitrogens with zero attached hydrogens (tertiary/aromatic N) is 1. The van der Waals surface area contributed by atoms with E-state index in [0.717, 1.165) is 12.1 Å². The lowest BCUT2D eigenvalue weighted by Crippen LogP contribution is -2.26. The number of fused-ring (bicyclic) bond motifs is 1. The molecule has 2 N–H and O–H groups in total. The maximum absolute atomic E-state index is 13.1. The van der Waals surface area contributed by atoms with Gasteiger partial charge in [-0.3, -0.25) is 14.5 Å². The minimum absolute atomic E-state index is 0.0758. The Hall–Kier alpha value is -2.95. The van der Waals surface area contributed by atoms with Gasteiger partial charge in [-0.15, -0.1) is 0 Å². The van der Waals surface area contributed by atoms with Crippen LogP contribution in [-0.2, 0) is 27.5 Å². The molecule has 11 heteroatoms. The van der Waals surface area contributed by atoms with Gasteiger partial charge in [0, 0.05) is 18.5 Å². The molecular weight excluding hydrogens is 414 g/mol. The lowest BCUT2D eigenvalue weighted by atomic mass is 10.1. The van der Waals surface area contributed by atoms with Crippen molar-refractivity contribution in [1.82, 2.24) is 10.0 Å². The van der Waals surface area contributed by atoms with Crippen molar-refractivity contribution in [3.63, 3.8) is 0 Å². The monoisotopic (exact) mass is 429 g/mol. The molecule has 0 spiro atoms. The Morgan fingerprint density at radius 3 is 2.59 bits per heavy atom. The standard InChI is InChI=1S/C18H15F4N3O3S/c19-12-6-5-11(14(9-12)18(20,21)22)10-24-16(26)7-8-23-17-13-3-1-2-4-15(13)29(27,28)25-17/h1-6,9H,7-8,10H2,(H,23,25)(H,24,26). The Kier molecular flexibility index (Phi) is 5.60. The number of alkyl halides is 3. The fourth-order valence-corrected chi connectivity index (χ4v) is 4.02. The second-order valence-corrected chi connectivity index (χ2v) is 7.81. The SMILES string of the molecule is O=C(CCN=C1NS(=O)(=O)c2ccccc21)NCc1ccc(F)cc1C(F)(F)F. The highest BCUT2D eigenvalue weighted by molar-refractivity contribution is 7.90. The van der Waals surface area contributed by atoms with E-state index in [2.05, 4.69) is 15.0 Å². The molecule has 0 unspecified atom stereocenters. The van der Waals surface area contributed by atoms with Crippen molar-refractivity contribution >= 4 is 21.8 Å². The van der Waals surface area contributed by atoms with E-state index < -0.39 is 40.0 Å². The van der Waals surface area contributed by atoms with Crippen LogP contribution in [0.2, 0.25) is 0 Å². The number of halogens is 4. The quantitative estimate of drug-likeness (QED) is 0.717. The lowest BCUT2D eigenvalue weighted by Gasteiger charge is -2.13. The van der Waals surface area contributed by atoms with Gasteiger partial charge in [0.1, 0.15) is 11.7 Å². The second kappa shape index (κ2) is 7.82. The van der Waals surface area contributed by atoms with Crippen LogP contribution < -0.4 is 10.0 Å². The van der Waals surface area contributed by atoms with E-state index in [-0.39, 0.29) is 29.3 Å². The summed E-state index contributed by atoms with van der Waals surface area (Å²) in [5, 5.41) is 2.32. The summed E-state index contributed by atoms with van der Waals surface area (Å²) in [4.78, 5) is 16.1. The number of nitrogens with one attached hydrogen (secondary N) is 2. The zero-order chi connectivity index (χ0) is 21.2. The average molecular weight is 429 g/mol. The number of amidine groups is 1. The summed E-state index contributed by atoms with van der Waals surface area (Å²) in [6.45, 7) is -0.506. The summed E-state index contributed by atoms with van der Waals surface area (Å²) in [7, 11) is -3.69. The molecule has 0 saturated heterocycles. The molecule has 6 nitrogen and oxygen atoms in total. The number of rotatable bonds is 5. The highest BCUT2D eigenvalue weighted by Crippen LogP contribution is 2.32. The smallest absolute Gasteiger partial charge is 0.352 e. The van der Waals surface area contributed by atoms with Gasteiger partial charge in [0.05, 0.1) is 17.0 Å². The number of aliphatic imine (C=N–C) groups is 1. The van der Waals surface area contributed by atoms with Crippen molar-refractivity contribution < 1.29 is 30.8 Å². The summed E-state index contributed by atoms with van der Waals surface area (Å²) in [6.07, 6.45) is -4.92. The fraction of sp³-hybridized carbons (Fsp3) is 0.222. The lowest BCUT2D eigenvalue weighted by molar-refractivity contribution is -0.138. The van der Waals surface area contributed by atoms with Crippen LogP contribution in [-0.4, -0.2) is 26.7 Å². The number of hydrogen-bond acceptors (Lipinski definition) is 4. The molecule has 1 amide bonds. The number of carbonyl (C=O) groups excluding carboxylic acids is 1. The largest absolute Gasteiger partial charge is 0.416 e. The van der Waals surface area contributed by atoms with Gasteiger partial charge in [0.15, 0.2) is 0 Å². The number of sulfonamides is 1. The van der Waals surface area contributed by atoms with Gasteiger partial charge >= 0.3 is 6.18 Å². The number of hydrogen-bond donors (Lipinski definition) is 2. The van der Waals surface area contributed by atoms with Crippen molar-refractivity contribution in [2.45, 2.75) is 24.0 Å². The third-order valence-corrected chi connectivity index (χ3v) is 5.52. The van der Waals surface area contributed by atoms with Gasteiger partial charge in [-0.1, -0.05) is 18.2 Å². The molecule has 29 heavy (non-hydrogen) atoms. The number of carbonyl (C=O) groups is 1. The minimum atomic E-state index is -4.75. The van der Waals surface area contributed by atoms with Crippen LogP contribution in [0, 0.1) is 5.82 Å². The van der Waals surface area contributed by atoms with Crippen molar-refractivity contribution in [2.24, 2.45) is 4.99 Å². The fourth-order valence-electron chi connectivity index (χ4n) is 2.77. The van der Waals surface area contributed by atoms with E-state index in [1.54, 1.807) is 18.2 Å². The molecule has 0 bridgehead atoms. The summed E-state index contributed by atoms with van der Waals surface area (Å²) in [6, 6.07) is 8.42. The molecule has 0 atom stereocenters. The molecule has 0 saturated carbocycles. The first kappa shape index (κ1) is 20.8. The molecule has 1 heterocycles. The second-order valence-electron chi connectivity index (χ2n) is 6.16. The molecule has 3 rings (SSSR count). The zero-order valence-electron chi connectivity index (χ0n) is 14.8. The average Bonchev–Trinajstić information content (AvgIpc) is 2.91. The zero-order valence-corrected chi connectivity index (χ0v) is 15.6. The molecule has 2 aromatic rings. The van der Waals surface area contributed by atoms with Crippen LogP contribution in [0.25, 0.3) is 0 Å². The number of amides is 1. The molecule has 1 aliphatic heterocycles. The van der Waals surface area contributed by atoms with Crippen molar-refractivity contribution in [1.29, 1.82) is 0 Å². The van der Waals surface area contributed by atoms with Crippen molar-refractivity contribution in [3.8, 4) is 0 Å². The van der Waals surface area contributed by atoms with E-state index >= 15 is 0 Å². The van der Waals surface area contributed by atoms with Crippen molar-refractivity contribution in [2.75, 3.05) is 6.54 Å². The van der Waals surface area contributed by atoms with Gasteiger partial charge in [-0.2, -0.15) is 13.2 Å². The normalized spacial score (nSPS) is 16.3. The first-order chi connectivity index (χ1) is 13.6. The topological polar surface area (TPSA) is 87.6 Å².